The van der Waals surface area contributed by atoms with Crippen LogP contribution in [0.2, 0.25) is 18.1 Å². The Hall–Kier alpha value is 0.603. The number of rotatable bonds is 28. The third kappa shape index (κ3) is 17.9. The lowest BCUT2D eigenvalue weighted by Gasteiger charge is -2.41. The fraction of sp³-hybridized carbons (Fsp3) is 0.400. The minimum Gasteiger partial charge on any atom is -0.449 e. The Bertz CT molecular complexity index is 886. The van der Waals surface area contributed by atoms with E-state index in [-0.39, 0.29) is 0 Å². The minimum absolute atomic E-state index is 0.739. The molecule has 0 N–H and O–H groups in total. The molecule has 0 atom stereocenters. The van der Waals surface area contributed by atoms with Crippen molar-refractivity contribution in [2.75, 3.05) is 0 Å². The second-order valence-electron chi connectivity index (χ2n) is 9.71. The topological polar surface area (TPSA) is 102 Å². The van der Waals surface area contributed by atoms with Crippen LogP contribution in [-0.2, 0) is 57.4 Å². The second-order valence-corrected chi connectivity index (χ2v) is 36.2. The summed E-state index contributed by atoms with van der Waals surface area (Å²) in [7, 11) is -12.9. The van der Waals surface area contributed by atoms with Gasteiger partial charge in [0.05, 0.1) is 0 Å². The first-order chi connectivity index (χ1) is 21.1. The quantitative estimate of drug-likeness (QED) is 0.0615. The first kappa shape index (κ1) is 39.8. The minimum atomic E-state index is -2.41. The van der Waals surface area contributed by atoms with Gasteiger partial charge in [-0.25, -0.2) is 0 Å². The molecular formula is C20H50O11Si12. The molecule has 0 aliphatic heterocycles. The van der Waals surface area contributed by atoms with Gasteiger partial charge in [0, 0.05) is 0 Å². The van der Waals surface area contributed by atoms with E-state index >= 15 is 0 Å². The summed E-state index contributed by atoms with van der Waals surface area (Å²) >= 11 is 0. The molecule has 0 saturated carbocycles. The van der Waals surface area contributed by atoms with Crippen LogP contribution in [0.4, 0.5) is 0 Å². The van der Waals surface area contributed by atoms with Crippen LogP contribution in [0.1, 0.15) is 31.9 Å². The zero-order chi connectivity index (χ0) is 30.9. The molecule has 0 aromatic heterocycles. The van der Waals surface area contributed by atoms with Gasteiger partial charge in [-0.1, -0.05) is 81.4 Å². The molecule has 0 heterocycles. The summed E-state index contributed by atoms with van der Waals surface area (Å²) in [5.41, 5.74) is 2.69. The number of hydrogen-bond donors (Lipinski definition) is 0. The summed E-state index contributed by atoms with van der Waals surface area (Å²) in [6, 6.07) is 26.4. The summed E-state index contributed by atoms with van der Waals surface area (Å²) in [4.78, 5) is 0. The standard InChI is InChI=1S/C20H50O11Si12/c1-4-42(17-19-13-9-7-10-14-19,18-20-15-11-8-12-16-20)31-43(5-2,6-3)30-41-29-40-28-39-27-38-26-37-25-36-24-35-23-34-22-33-21-32/h7-16H,4-6,17-18,33-41H2,1-3,32H3. The van der Waals surface area contributed by atoms with Gasteiger partial charge in [0.15, 0.2) is 8.32 Å². The third-order valence-corrected chi connectivity index (χ3v) is 29.6. The Labute approximate surface area is 283 Å². The van der Waals surface area contributed by atoms with Gasteiger partial charge in [-0.05, 0) is 41.3 Å². The number of benzene rings is 2. The first-order valence-electron chi connectivity index (χ1n) is 14.6. The maximum absolute atomic E-state index is 7.35. The summed E-state index contributed by atoms with van der Waals surface area (Å²) < 4.78 is 63.8. The van der Waals surface area contributed by atoms with Crippen molar-refractivity contribution < 1.29 is 45.3 Å². The maximum atomic E-state index is 7.35. The van der Waals surface area contributed by atoms with E-state index in [0.717, 1.165) is 40.7 Å². The maximum Gasteiger partial charge on any atom is 0.318 e. The van der Waals surface area contributed by atoms with E-state index in [9.17, 15) is 0 Å². The largest absolute Gasteiger partial charge is 0.449 e. The summed E-state index contributed by atoms with van der Waals surface area (Å²) in [5, 5.41) is 0. The highest BCUT2D eigenvalue weighted by atomic mass is 28.5. The van der Waals surface area contributed by atoms with Crippen LogP contribution in [0.15, 0.2) is 60.7 Å². The third-order valence-electron chi connectivity index (χ3n) is 6.64. The summed E-state index contributed by atoms with van der Waals surface area (Å²) in [6.07, 6.45) is 0. The van der Waals surface area contributed by atoms with Crippen LogP contribution < -0.4 is 0 Å². The molecular weight excluding hydrogens is 753 g/mol. The molecule has 0 fully saturated rings. The highest BCUT2D eigenvalue weighted by molar-refractivity contribution is 6.85. The Kier molecular flexibility index (Phi) is 23.7. The summed E-state index contributed by atoms with van der Waals surface area (Å²) in [5.74, 6) is 0. The van der Waals surface area contributed by atoms with Crippen molar-refractivity contribution in [2.45, 2.75) is 51.0 Å². The SMILES string of the molecule is CC[Si](Cc1ccccc1)(Cc1ccccc1)O[Si](CC)(CC)O[SiH2]O[SiH2]O[SiH2]O[SiH2]O[SiH2]O[SiH2]O[SiH2]O[SiH2]O[SiH2]O[SiH3]. The van der Waals surface area contributed by atoms with E-state index < -0.39 is 107 Å². The molecule has 11 nitrogen and oxygen atoms in total. The zero-order valence-corrected chi connectivity index (χ0v) is 42.9. The highest BCUT2D eigenvalue weighted by Gasteiger charge is 2.44. The molecule has 2 rings (SSSR count). The molecule has 244 valence electrons. The first-order valence-corrected chi connectivity index (χ1v) is 30.6. The van der Waals surface area contributed by atoms with Crippen molar-refractivity contribution >= 4 is 117 Å². The smallest absolute Gasteiger partial charge is 0.318 e. The molecule has 2 aromatic rings. The normalized spacial score (nSPS) is 14.8. The average Bonchev–Trinajstić information content (AvgIpc) is 3.04. The van der Waals surface area contributed by atoms with Gasteiger partial charge in [0.1, 0.15) is 10.5 Å². The lowest BCUT2D eigenvalue weighted by atomic mass is 10.2. The van der Waals surface area contributed by atoms with Gasteiger partial charge in [0.25, 0.3) is 90.1 Å². The second kappa shape index (κ2) is 25.7. The predicted molar refractivity (Wildman–Crippen MR) is 202 cm³/mol. The molecule has 0 saturated heterocycles. The van der Waals surface area contributed by atoms with Crippen molar-refractivity contribution in [1.82, 2.24) is 0 Å². The van der Waals surface area contributed by atoms with Crippen LogP contribution in [0, 0.1) is 0 Å². The Morgan fingerprint density at radius 1 is 0.512 bits per heavy atom. The van der Waals surface area contributed by atoms with Crippen LogP contribution in [0.25, 0.3) is 0 Å². The van der Waals surface area contributed by atoms with Crippen molar-refractivity contribution in [2.24, 2.45) is 0 Å². The molecule has 0 bridgehead atoms. The summed E-state index contributed by atoms with van der Waals surface area (Å²) in [6.45, 7) is 6.72. The van der Waals surface area contributed by atoms with E-state index in [2.05, 4.69) is 81.4 Å². The van der Waals surface area contributed by atoms with Gasteiger partial charge in [0.2, 0.25) is 0 Å². The number of hydrogen-bond acceptors (Lipinski definition) is 11. The van der Waals surface area contributed by atoms with Gasteiger partial charge in [-0.2, -0.15) is 0 Å². The van der Waals surface area contributed by atoms with Gasteiger partial charge >= 0.3 is 8.56 Å². The fourth-order valence-electron chi connectivity index (χ4n) is 4.33. The van der Waals surface area contributed by atoms with Crippen molar-refractivity contribution in [3.8, 4) is 0 Å². The van der Waals surface area contributed by atoms with Gasteiger partial charge in [-0.3, -0.25) is 0 Å². The van der Waals surface area contributed by atoms with E-state index in [0.29, 0.717) is 0 Å². The molecule has 0 spiro atoms. The average molecular weight is 804 g/mol. The van der Waals surface area contributed by atoms with E-state index in [1.165, 1.54) is 11.1 Å². The molecule has 0 amide bonds. The zero-order valence-electron chi connectivity index (χ0n) is 26.2. The van der Waals surface area contributed by atoms with Crippen molar-refractivity contribution in [1.29, 1.82) is 0 Å². The molecule has 0 aliphatic carbocycles. The monoisotopic (exact) mass is 802 g/mol. The van der Waals surface area contributed by atoms with Crippen LogP contribution in [-0.4, -0.2) is 117 Å². The van der Waals surface area contributed by atoms with E-state index in [1.54, 1.807) is 0 Å². The molecule has 0 aliphatic rings. The van der Waals surface area contributed by atoms with Crippen molar-refractivity contribution in [3.05, 3.63) is 71.8 Å². The lowest BCUT2D eigenvalue weighted by molar-refractivity contribution is 0.335. The van der Waals surface area contributed by atoms with Crippen LogP contribution in [0.5, 0.6) is 0 Å². The fourth-order valence-corrected chi connectivity index (χ4v) is 32.3. The van der Waals surface area contributed by atoms with E-state index in [4.69, 9.17) is 45.3 Å². The molecule has 0 unspecified atom stereocenters. The highest BCUT2D eigenvalue weighted by Crippen LogP contribution is 2.30. The van der Waals surface area contributed by atoms with E-state index in [1.807, 2.05) is 0 Å². The molecule has 23 heteroatoms. The molecule has 43 heavy (non-hydrogen) atoms. The van der Waals surface area contributed by atoms with Crippen LogP contribution >= 0.6 is 0 Å². The predicted octanol–water partition coefficient (Wildman–Crippen LogP) is -4.55. The Morgan fingerprint density at radius 2 is 0.884 bits per heavy atom. The molecule has 0 radical (unpaired) electrons. The van der Waals surface area contributed by atoms with Gasteiger partial charge < -0.3 is 45.3 Å². The Balaban J connectivity index is 1.68. The van der Waals surface area contributed by atoms with Crippen molar-refractivity contribution in [3.63, 3.8) is 0 Å². The van der Waals surface area contributed by atoms with Gasteiger partial charge in [-0.15, -0.1) is 0 Å². The lowest BCUT2D eigenvalue weighted by Crippen LogP contribution is -2.56. The Morgan fingerprint density at radius 3 is 1.23 bits per heavy atom. The van der Waals surface area contributed by atoms with Crippen LogP contribution in [0.3, 0.4) is 0 Å². The molecule has 2 aromatic carbocycles.